The molecule has 6 heteroatoms. The van der Waals surface area contributed by atoms with Crippen molar-refractivity contribution in [2.75, 3.05) is 0 Å². The van der Waals surface area contributed by atoms with E-state index in [9.17, 15) is 0 Å². The largest absolute Gasteiger partial charge is 0.249 e. The van der Waals surface area contributed by atoms with Crippen LogP contribution in [0.5, 0.6) is 0 Å². The van der Waals surface area contributed by atoms with Gasteiger partial charge in [-0.2, -0.15) is 9.78 Å². The molecule has 0 aliphatic rings. The molecule has 0 fully saturated rings. The molecule has 0 radical (unpaired) electrons. The fraction of sp³-hybridized carbons (Fsp3) is 0.118. The number of hydrogen-bond acceptors (Lipinski definition) is 4. The summed E-state index contributed by atoms with van der Waals surface area (Å²) in [6, 6.07) is 18.3. The molecular weight excluding hydrogens is 324 g/mol. The zero-order valence-electron chi connectivity index (χ0n) is 12.6. The predicted octanol–water partition coefficient (Wildman–Crippen LogP) is 4.42. The number of aromatic nitrogens is 3. The van der Waals surface area contributed by atoms with Gasteiger partial charge in [0.2, 0.25) is 9.93 Å². The minimum atomic E-state index is 0.491. The number of nitrogens with zero attached hydrogens (tertiary/aromatic N) is 3. The van der Waals surface area contributed by atoms with Crippen LogP contribution in [-0.4, -0.2) is 21.1 Å². The quantitative estimate of drug-likeness (QED) is 0.425. The molecule has 0 aliphatic heterocycles. The summed E-state index contributed by atoms with van der Waals surface area (Å²) in [6.07, 6.45) is 1.81. The normalized spacial score (nSPS) is 11.2. The van der Waals surface area contributed by atoms with E-state index in [4.69, 9.17) is 12.2 Å². The zero-order valence-corrected chi connectivity index (χ0v) is 14.3. The molecule has 0 saturated heterocycles. The third kappa shape index (κ3) is 3.97. The highest BCUT2D eigenvalue weighted by Crippen LogP contribution is 2.20. The first-order valence-corrected chi connectivity index (χ1v) is 8.57. The predicted molar refractivity (Wildman–Crippen MR) is 97.6 cm³/mol. The van der Waals surface area contributed by atoms with Gasteiger partial charge in [-0.3, -0.25) is 0 Å². The van der Waals surface area contributed by atoms with Gasteiger partial charge in [-0.15, -0.1) is 5.10 Å². The Balaban J connectivity index is 1.79. The summed E-state index contributed by atoms with van der Waals surface area (Å²) in [5.41, 5.74) is 3.47. The maximum Gasteiger partial charge on any atom is 0.217 e. The Morgan fingerprint density at radius 3 is 2.70 bits per heavy atom. The van der Waals surface area contributed by atoms with Crippen LogP contribution in [0, 0.1) is 11.7 Å². The molecule has 0 bridgehead atoms. The van der Waals surface area contributed by atoms with Gasteiger partial charge in [0.15, 0.2) is 0 Å². The highest BCUT2D eigenvalue weighted by atomic mass is 32.2. The fourth-order valence-corrected chi connectivity index (χ4v) is 3.14. The van der Waals surface area contributed by atoms with Crippen LogP contribution in [0.2, 0.25) is 0 Å². The van der Waals surface area contributed by atoms with Crippen molar-refractivity contribution in [3.8, 4) is 0 Å². The smallest absolute Gasteiger partial charge is 0.217 e. The summed E-state index contributed by atoms with van der Waals surface area (Å²) in [6.45, 7) is 2.06. The van der Waals surface area contributed by atoms with Gasteiger partial charge in [0, 0.05) is 5.75 Å². The third-order valence-corrected chi connectivity index (χ3v) is 4.60. The van der Waals surface area contributed by atoms with E-state index in [1.807, 2.05) is 42.6 Å². The van der Waals surface area contributed by atoms with Crippen LogP contribution in [0.1, 0.15) is 16.7 Å². The molecule has 1 aromatic heterocycles. The van der Waals surface area contributed by atoms with Crippen LogP contribution in [0.4, 0.5) is 0 Å². The number of hydrogen-bond donors (Lipinski definition) is 1. The molecule has 0 amide bonds. The minimum absolute atomic E-state index is 0.491. The molecule has 0 atom stereocenters. The average Bonchev–Trinajstić information content (AvgIpc) is 2.93. The summed E-state index contributed by atoms with van der Waals surface area (Å²) in [7, 11) is 0. The molecule has 4 nitrogen and oxygen atoms in total. The van der Waals surface area contributed by atoms with Gasteiger partial charge >= 0.3 is 0 Å². The molecule has 23 heavy (non-hydrogen) atoms. The molecule has 1 N–H and O–H groups in total. The lowest BCUT2D eigenvalue weighted by Crippen LogP contribution is -1.95. The van der Waals surface area contributed by atoms with E-state index in [1.54, 1.807) is 16.4 Å². The topological polar surface area (TPSA) is 46.0 Å². The lowest BCUT2D eigenvalue weighted by atomic mass is 10.1. The standard InChI is InChI=1S/C17H16N4S2/c1-13-7-5-6-10-15(13)11-18-21-16(22)19-20-17(21)23-12-14-8-3-2-4-9-14/h2-11H,12H2,1H3,(H,19,22)/b18-11-. The van der Waals surface area contributed by atoms with Crippen molar-refractivity contribution >= 4 is 30.2 Å². The van der Waals surface area contributed by atoms with Gasteiger partial charge in [-0.25, -0.2) is 5.10 Å². The van der Waals surface area contributed by atoms with Gasteiger partial charge in [-0.05, 0) is 35.8 Å². The Labute approximate surface area is 144 Å². The molecule has 116 valence electrons. The number of thioether (sulfide) groups is 1. The molecule has 0 aliphatic carbocycles. The van der Waals surface area contributed by atoms with E-state index in [2.05, 4.69) is 40.4 Å². The molecule has 1 heterocycles. The van der Waals surface area contributed by atoms with Crippen LogP contribution >= 0.6 is 24.0 Å². The summed E-state index contributed by atoms with van der Waals surface area (Å²) >= 11 is 6.87. The molecule has 2 aromatic carbocycles. The van der Waals surface area contributed by atoms with E-state index in [-0.39, 0.29) is 0 Å². The Morgan fingerprint density at radius 1 is 1.17 bits per heavy atom. The van der Waals surface area contributed by atoms with E-state index in [0.29, 0.717) is 4.77 Å². The molecule has 0 unspecified atom stereocenters. The average molecular weight is 340 g/mol. The number of H-pyrrole nitrogens is 1. The van der Waals surface area contributed by atoms with Crippen LogP contribution in [-0.2, 0) is 5.75 Å². The zero-order chi connectivity index (χ0) is 16.1. The fourth-order valence-electron chi connectivity index (χ4n) is 2.05. The van der Waals surface area contributed by atoms with Crippen LogP contribution in [0.3, 0.4) is 0 Å². The maximum atomic E-state index is 5.27. The minimum Gasteiger partial charge on any atom is -0.249 e. The monoisotopic (exact) mass is 340 g/mol. The van der Waals surface area contributed by atoms with E-state index < -0.39 is 0 Å². The van der Waals surface area contributed by atoms with Crippen molar-refractivity contribution in [1.82, 2.24) is 14.9 Å². The highest BCUT2D eigenvalue weighted by molar-refractivity contribution is 7.98. The Hall–Kier alpha value is -2.18. The van der Waals surface area contributed by atoms with Gasteiger partial charge in [-0.1, -0.05) is 66.4 Å². The first-order chi connectivity index (χ1) is 11.2. The van der Waals surface area contributed by atoms with Crippen molar-refractivity contribution in [1.29, 1.82) is 0 Å². The lowest BCUT2D eigenvalue weighted by molar-refractivity contribution is 0.758. The second-order valence-corrected chi connectivity index (χ2v) is 6.33. The van der Waals surface area contributed by atoms with Crippen LogP contribution in [0.25, 0.3) is 0 Å². The van der Waals surface area contributed by atoms with E-state index >= 15 is 0 Å². The number of aromatic amines is 1. The Bertz CT molecular complexity index is 866. The van der Waals surface area contributed by atoms with Crippen molar-refractivity contribution < 1.29 is 0 Å². The SMILES string of the molecule is Cc1ccccc1/C=N\n1c(SCc2ccccc2)n[nH]c1=S. The number of nitrogens with one attached hydrogen (secondary N) is 1. The van der Waals surface area contributed by atoms with Crippen LogP contribution in [0.15, 0.2) is 64.9 Å². The maximum absolute atomic E-state index is 5.27. The number of rotatable bonds is 5. The summed E-state index contributed by atoms with van der Waals surface area (Å²) in [5.74, 6) is 0.820. The summed E-state index contributed by atoms with van der Waals surface area (Å²) in [5, 5.41) is 12.3. The number of benzene rings is 2. The second-order valence-electron chi connectivity index (χ2n) is 5.00. The molecule has 3 aromatic rings. The summed E-state index contributed by atoms with van der Waals surface area (Å²) < 4.78 is 2.15. The van der Waals surface area contributed by atoms with E-state index in [0.717, 1.165) is 16.5 Å². The summed E-state index contributed by atoms with van der Waals surface area (Å²) in [4.78, 5) is 0. The first-order valence-electron chi connectivity index (χ1n) is 7.18. The Morgan fingerprint density at radius 2 is 1.91 bits per heavy atom. The molecule has 0 spiro atoms. The van der Waals surface area contributed by atoms with Gasteiger partial charge < -0.3 is 0 Å². The van der Waals surface area contributed by atoms with E-state index in [1.165, 1.54) is 11.1 Å². The van der Waals surface area contributed by atoms with Crippen LogP contribution < -0.4 is 0 Å². The third-order valence-electron chi connectivity index (χ3n) is 3.33. The van der Waals surface area contributed by atoms with Crippen molar-refractivity contribution in [3.63, 3.8) is 0 Å². The number of aryl methyl sites for hydroxylation is 1. The van der Waals surface area contributed by atoms with Crippen molar-refractivity contribution in [2.24, 2.45) is 5.10 Å². The molecule has 3 rings (SSSR count). The lowest BCUT2D eigenvalue weighted by Gasteiger charge is -2.02. The first kappa shape index (κ1) is 15.7. The Kier molecular flexibility index (Phi) is 5.05. The van der Waals surface area contributed by atoms with Crippen molar-refractivity contribution in [2.45, 2.75) is 17.8 Å². The van der Waals surface area contributed by atoms with Crippen molar-refractivity contribution in [3.05, 3.63) is 76.1 Å². The molecular formula is C17H16N4S2. The van der Waals surface area contributed by atoms with Gasteiger partial charge in [0.1, 0.15) is 0 Å². The molecule has 0 saturated carbocycles. The highest BCUT2D eigenvalue weighted by Gasteiger charge is 2.06. The second kappa shape index (κ2) is 7.39. The van der Waals surface area contributed by atoms with Gasteiger partial charge in [0.25, 0.3) is 0 Å². The van der Waals surface area contributed by atoms with Gasteiger partial charge in [0.05, 0.1) is 6.21 Å².